The van der Waals surface area contributed by atoms with Crippen LogP contribution in [0.25, 0.3) is 0 Å². The Bertz CT molecular complexity index is 158. The molecule has 0 saturated heterocycles. The van der Waals surface area contributed by atoms with Gasteiger partial charge in [-0.1, -0.05) is 0 Å². The Morgan fingerprint density at radius 3 is 2.55 bits per heavy atom. The molecule has 5 N–H and O–H groups in total. The molecule has 0 fully saturated rings. The van der Waals surface area contributed by atoms with E-state index in [0.29, 0.717) is 6.61 Å². The fourth-order valence-electron chi connectivity index (χ4n) is 0.586. The molecule has 0 aromatic heterocycles. The van der Waals surface area contributed by atoms with Crippen LogP contribution in [0.2, 0.25) is 0 Å². The summed E-state index contributed by atoms with van der Waals surface area (Å²) in [5.74, 6) is -1.02. The van der Waals surface area contributed by atoms with Crippen molar-refractivity contribution in [2.75, 3.05) is 6.61 Å². The number of hydrogen-bond donors (Lipinski definition) is 2. The van der Waals surface area contributed by atoms with Crippen LogP contribution in [0.1, 0.15) is 13.3 Å². The zero-order chi connectivity index (χ0) is 8.85. The van der Waals surface area contributed by atoms with E-state index in [2.05, 4.69) is 10.5 Å². The molecule has 11 heavy (non-hydrogen) atoms. The maximum absolute atomic E-state index is 10.8. The Kier molecular flexibility index (Phi) is 4.21. The summed E-state index contributed by atoms with van der Waals surface area (Å²) in [5, 5.41) is 0. The molecule has 0 rings (SSSR count). The van der Waals surface area contributed by atoms with Crippen LogP contribution in [0, 0.1) is 0 Å². The van der Waals surface area contributed by atoms with Gasteiger partial charge in [0.25, 0.3) is 0 Å². The third-order valence-corrected chi connectivity index (χ3v) is 1.07. The molecular weight excluding hydrogens is 148 g/mol. The highest BCUT2D eigenvalue weighted by molar-refractivity contribution is 5.83. The maximum atomic E-state index is 10.8. The molecule has 0 saturated carbocycles. The van der Waals surface area contributed by atoms with Crippen molar-refractivity contribution in [1.82, 2.24) is 0 Å². The van der Waals surface area contributed by atoms with E-state index >= 15 is 0 Å². The lowest BCUT2D eigenvalue weighted by Crippen LogP contribution is -2.66. The van der Waals surface area contributed by atoms with Gasteiger partial charge >= 0.3 is 5.97 Å². The molecule has 0 aliphatic heterocycles. The van der Waals surface area contributed by atoms with E-state index in [4.69, 9.17) is 5.73 Å². The van der Waals surface area contributed by atoms with Crippen molar-refractivity contribution in [3.63, 3.8) is 0 Å². The highest BCUT2D eigenvalue weighted by Crippen LogP contribution is 1.88. The Morgan fingerprint density at radius 2 is 2.18 bits per heavy atom. The number of quaternary nitrogens is 1. The van der Waals surface area contributed by atoms with Crippen LogP contribution in [0.5, 0.6) is 0 Å². The third-order valence-electron chi connectivity index (χ3n) is 1.07. The SMILES string of the molecule is CCOC(=O)[C@H]([NH3+])CC(N)=O. The topological polar surface area (TPSA) is 97.0 Å². The largest absolute Gasteiger partial charge is 0.462 e. The molecule has 0 aromatic rings. The summed E-state index contributed by atoms with van der Waals surface area (Å²) in [6.07, 6.45) is -0.0567. The van der Waals surface area contributed by atoms with Crippen LogP contribution < -0.4 is 11.5 Å². The molecule has 5 nitrogen and oxygen atoms in total. The van der Waals surface area contributed by atoms with Gasteiger partial charge in [-0.15, -0.1) is 0 Å². The fourth-order valence-corrected chi connectivity index (χ4v) is 0.586. The van der Waals surface area contributed by atoms with E-state index in [1.54, 1.807) is 6.92 Å². The number of primary amides is 1. The lowest BCUT2D eigenvalue weighted by atomic mass is 10.2. The Hall–Kier alpha value is -1.10. The zero-order valence-corrected chi connectivity index (χ0v) is 6.50. The first-order valence-electron chi connectivity index (χ1n) is 3.36. The van der Waals surface area contributed by atoms with Crippen molar-refractivity contribution in [2.24, 2.45) is 5.73 Å². The molecule has 5 heteroatoms. The Labute approximate surface area is 64.7 Å². The highest BCUT2D eigenvalue weighted by atomic mass is 16.5. The predicted octanol–water partition coefficient (Wildman–Crippen LogP) is -1.96. The van der Waals surface area contributed by atoms with Crippen molar-refractivity contribution in [3.05, 3.63) is 0 Å². The first-order valence-corrected chi connectivity index (χ1v) is 3.36. The molecule has 0 heterocycles. The van der Waals surface area contributed by atoms with E-state index < -0.39 is 17.9 Å². The Balaban J connectivity index is 3.73. The molecule has 0 aliphatic carbocycles. The molecule has 1 amide bonds. The number of ether oxygens (including phenoxy) is 1. The zero-order valence-electron chi connectivity index (χ0n) is 6.50. The number of nitrogens with two attached hydrogens (primary N) is 1. The number of amides is 1. The molecule has 1 atom stereocenters. The summed E-state index contributed by atoms with van der Waals surface area (Å²) in [6, 6.07) is -0.674. The minimum Gasteiger partial charge on any atom is -0.462 e. The summed E-state index contributed by atoms with van der Waals surface area (Å²) in [7, 11) is 0. The molecule has 0 aliphatic rings. The summed E-state index contributed by atoms with van der Waals surface area (Å²) in [4.78, 5) is 21.1. The van der Waals surface area contributed by atoms with Crippen LogP contribution in [0.3, 0.4) is 0 Å². The Morgan fingerprint density at radius 1 is 1.64 bits per heavy atom. The van der Waals surface area contributed by atoms with Crippen molar-refractivity contribution in [2.45, 2.75) is 19.4 Å². The average molecular weight is 161 g/mol. The van der Waals surface area contributed by atoms with Gasteiger partial charge in [0.15, 0.2) is 6.04 Å². The van der Waals surface area contributed by atoms with Gasteiger partial charge in [0.05, 0.1) is 13.0 Å². The molecule has 0 aromatic carbocycles. The first-order chi connectivity index (χ1) is 5.07. The monoisotopic (exact) mass is 161 g/mol. The van der Waals surface area contributed by atoms with Gasteiger partial charge < -0.3 is 16.2 Å². The number of carbonyl (C=O) groups is 2. The smallest absolute Gasteiger partial charge is 0.365 e. The lowest BCUT2D eigenvalue weighted by Gasteiger charge is -2.04. The van der Waals surface area contributed by atoms with Crippen molar-refractivity contribution < 1.29 is 20.1 Å². The normalized spacial score (nSPS) is 12.2. The summed E-state index contributed by atoms with van der Waals surface area (Å²) in [5.41, 5.74) is 8.26. The second-order valence-electron chi connectivity index (χ2n) is 2.12. The van der Waals surface area contributed by atoms with E-state index in [1.165, 1.54) is 0 Å². The van der Waals surface area contributed by atoms with E-state index in [0.717, 1.165) is 0 Å². The van der Waals surface area contributed by atoms with Crippen molar-refractivity contribution >= 4 is 11.9 Å². The minimum absolute atomic E-state index is 0.0567. The van der Waals surface area contributed by atoms with Gasteiger partial charge in [-0.05, 0) is 6.92 Å². The van der Waals surface area contributed by atoms with Crippen molar-refractivity contribution in [1.29, 1.82) is 0 Å². The van der Waals surface area contributed by atoms with E-state index in [9.17, 15) is 9.59 Å². The quantitative estimate of drug-likeness (QED) is 0.468. The van der Waals surface area contributed by atoms with Crippen LogP contribution in [0.15, 0.2) is 0 Å². The number of rotatable bonds is 4. The average Bonchev–Trinajstić information content (AvgIpc) is 1.86. The number of carbonyl (C=O) groups excluding carboxylic acids is 2. The second kappa shape index (κ2) is 4.68. The van der Waals surface area contributed by atoms with Gasteiger partial charge in [-0.25, -0.2) is 4.79 Å². The fraction of sp³-hybridized carbons (Fsp3) is 0.667. The number of hydrogen-bond acceptors (Lipinski definition) is 3. The summed E-state index contributed by atoms with van der Waals surface area (Å²) < 4.78 is 4.60. The molecule has 0 bridgehead atoms. The minimum atomic E-state index is -0.674. The molecule has 0 spiro atoms. The van der Waals surface area contributed by atoms with Crippen LogP contribution in [0.4, 0.5) is 0 Å². The van der Waals surface area contributed by atoms with Gasteiger partial charge in [-0.2, -0.15) is 0 Å². The highest BCUT2D eigenvalue weighted by Gasteiger charge is 2.20. The van der Waals surface area contributed by atoms with Gasteiger partial charge in [0, 0.05) is 0 Å². The molecule has 0 unspecified atom stereocenters. The maximum Gasteiger partial charge on any atom is 0.365 e. The first kappa shape index (κ1) is 9.90. The van der Waals surface area contributed by atoms with E-state index in [-0.39, 0.29) is 6.42 Å². The van der Waals surface area contributed by atoms with Crippen LogP contribution in [-0.4, -0.2) is 24.5 Å². The third kappa shape index (κ3) is 4.32. The summed E-state index contributed by atoms with van der Waals surface area (Å²) in [6.45, 7) is 1.98. The standard InChI is InChI=1S/C6H12N2O3/c1-2-11-6(10)4(7)3-5(8)9/h4H,2-3,7H2,1H3,(H2,8,9)/p+1/t4-/m1/s1. The van der Waals surface area contributed by atoms with E-state index in [1.807, 2.05) is 0 Å². The van der Waals surface area contributed by atoms with Crippen molar-refractivity contribution in [3.8, 4) is 0 Å². The van der Waals surface area contributed by atoms with Crippen LogP contribution in [-0.2, 0) is 14.3 Å². The predicted molar refractivity (Wildman–Crippen MR) is 37.1 cm³/mol. The number of esters is 1. The van der Waals surface area contributed by atoms with Gasteiger partial charge in [0.2, 0.25) is 5.91 Å². The molecule has 64 valence electrons. The van der Waals surface area contributed by atoms with Gasteiger partial charge in [0.1, 0.15) is 0 Å². The molecular formula is C6H13N2O3+. The van der Waals surface area contributed by atoms with Gasteiger partial charge in [-0.3, -0.25) is 4.79 Å². The second-order valence-corrected chi connectivity index (χ2v) is 2.12. The molecule has 0 radical (unpaired) electrons. The summed E-state index contributed by atoms with van der Waals surface area (Å²) >= 11 is 0. The van der Waals surface area contributed by atoms with Crippen LogP contribution >= 0.6 is 0 Å². The lowest BCUT2D eigenvalue weighted by molar-refractivity contribution is -0.407.